The summed E-state index contributed by atoms with van der Waals surface area (Å²) in [5.41, 5.74) is 16.9. The van der Waals surface area contributed by atoms with Crippen molar-refractivity contribution in [2.24, 2.45) is 0 Å². The number of nitrogens with zero attached hydrogens (tertiary/aromatic N) is 6. The smallest absolute Gasteiger partial charge is 0.101 e. The Morgan fingerprint density at radius 3 is 1.36 bits per heavy atom. The van der Waals surface area contributed by atoms with Crippen molar-refractivity contribution in [3.63, 3.8) is 0 Å². The molecule has 0 fully saturated rings. The zero-order valence-corrected chi connectivity index (χ0v) is 41.3. The third-order valence-electron chi connectivity index (χ3n) is 15.5. The standard InChI is InChI=1S/C69H46N6/c1-69(2)60-30-18-17-29-55(60)56-41-58-57-39-52(72(48-20-7-3-8-21-48)49-22-9-4-10-23-49)32-35-62(57)75(67(58)42-61(56)69)66-38-46(43-70)65(37-47(66)44-71)74-63-36-33-53(73(50-24-11-5-12-25-50)51-26-13-6-14-27-51)40-59(63)68-54-28-16-15-19-45(54)31-34-64(68)74/h3-42H,1-2H3. The van der Waals surface area contributed by atoms with Gasteiger partial charge >= 0.3 is 0 Å². The van der Waals surface area contributed by atoms with Crippen LogP contribution in [0.5, 0.6) is 0 Å². The zero-order valence-electron chi connectivity index (χ0n) is 41.3. The van der Waals surface area contributed by atoms with E-state index in [-0.39, 0.29) is 5.41 Å². The van der Waals surface area contributed by atoms with E-state index in [0.717, 1.165) is 88.5 Å². The largest absolute Gasteiger partial charge is 0.310 e. The molecular weight excluding hydrogens is 913 g/mol. The number of hydrogen-bond acceptors (Lipinski definition) is 4. The van der Waals surface area contributed by atoms with E-state index in [9.17, 15) is 10.5 Å². The van der Waals surface area contributed by atoms with Gasteiger partial charge in [-0.25, -0.2) is 0 Å². The lowest BCUT2D eigenvalue weighted by molar-refractivity contribution is 0.661. The second kappa shape index (κ2) is 17.0. The number of rotatable bonds is 8. The molecule has 11 aromatic carbocycles. The maximum Gasteiger partial charge on any atom is 0.101 e. The van der Waals surface area contributed by atoms with Crippen LogP contribution in [0, 0.1) is 22.7 Å². The molecule has 2 heterocycles. The van der Waals surface area contributed by atoms with Crippen LogP contribution >= 0.6 is 0 Å². The van der Waals surface area contributed by atoms with E-state index in [2.05, 4.69) is 251 Å². The molecular formula is C69H46N6. The van der Waals surface area contributed by atoms with Crippen molar-refractivity contribution < 1.29 is 0 Å². The number of benzene rings is 11. The van der Waals surface area contributed by atoms with E-state index < -0.39 is 0 Å². The maximum absolute atomic E-state index is 11.5. The minimum atomic E-state index is -0.274. The second-order valence-corrected chi connectivity index (χ2v) is 20.0. The fourth-order valence-corrected chi connectivity index (χ4v) is 12.1. The predicted molar refractivity (Wildman–Crippen MR) is 309 cm³/mol. The summed E-state index contributed by atoms with van der Waals surface area (Å²) in [6.45, 7) is 4.60. The van der Waals surface area contributed by atoms with Crippen LogP contribution in [0.2, 0.25) is 0 Å². The molecule has 0 atom stereocenters. The van der Waals surface area contributed by atoms with Crippen LogP contribution in [0.3, 0.4) is 0 Å². The fraction of sp³-hybridized carbons (Fsp3) is 0.0435. The van der Waals surface area contributed by atoms with Crippen molar-refractivity contribution in [3.8, 4) is 34.6 Å². The lowest BCUT2D eigenvalue weighted by Gasteiger charge is -2.25. The van der Waals surface area contributed by atoms with Gasteiger partial charge in [0.15, 0.2) is 0 Å². The van der Waals surface area contributed by atoms with Crippen LogP contribution in [-0.2, 0) is 5.41 Å². The van der Waals surface area contributed by atoms with Gasteiger partial charge in [-0.3, -0.25) is 0 Å². The molecule has 1 aliphatic rings. The minimum absolute atomic E-state index is 0.274. The first-order valence-electron chi connectivity index (χ1n) is 25.4. The first-order chi connectivity index (χ1) is 36.9. The molecule has 1 aliphatic carbocycles. The summed E-state index contributed by atoms with van der Waals surface area (Å²) >= 11 is 0. The highest BCUT2D eigenvalue weighted by atomic mass is 15.1. The molecule has 6 heteroatoms. The maximum atomic E-state index is 11.5. The highest BCUT2D eigenvalue weighted by molar-refractivity contribution is 6.22. The summed E-state index contributed by atoms with van der Waals surface area (Å²) in [5, 5.41) is 29.4. The molecule has 0 spiro atoms. The summed E-state index contributed by atoms with van der Waals surface area (Å²) in [7, 11) is 0. The molecule has 0 saturated carbocycles. The summed E-state index contributed by atoms with van der Waals surface area (Å²) in [6.07, 6.45) is 0. The third-order valence-corrected chi connectivity index (χ3v) is 15.5. The highest BCUT2D eigenvalue weighted by Gasteiger charge is 2.36. The number of aromatic nitrogens is 2. The molecule has 0 radical (unpaired) electrons. The topological polar surface area (TPSA) is 63.9 Å². The SMILES string of the molecule is CC1(C)c2ccccc2-c2cc3c4cc(N(c5ccccc5)c5ccccc5)ccc4n(-c4cc(C#N)c(-n5c6ccc(N(c7ccccc7)c7ccccc7)cc6c6c7ccccc7ccc65)cc4C#N)c3cc21. The molecule has 75 heavy (non-hydrogen) atoms. The van der Waals surface area contributed by atoms with Gasteiger partial charge in [0.25, 0.3) is 0 Å². The van der Waals surface area contributed by atoms with Crippen molar-refractivity contribution in [1.29, 1.82) is 10.5 Å². The monoisotopic (exact) mass is 958 g/mol. The van der Waals surface area contributed by atoms with Gasteiger partial charge in [-0.05, 0) is 148 Å². The van der Waals surface area contributed by atoms with E-state index in [1.54, 1.807) is 0 Å². The van der Waals surface area contributed by atoms with Gasteiger partial charge in [0, 0.05) is 61.1 Å². The van der Waals surface area contributed by atoms with Crippen LogP contribution < -0.4 is 9.80 Å². The Morgan fingerprint density at radius 1 is 0.347 bits per heavy atom. The van der Waals surface area contributed by atoms with Gasteiger partial charge in [-0.15, -0.1) is 0 Å². The third kappa shape index (κ3) is 6.71. The molecule has 13 aromatic rings. The van der Waals surface area contributed by atoms with Crippen LogP contribution in [0.15, 0.2) is 243 Å². The van der Waals surface area contributed by atoms with Gasteiger partial charge in [-0.1, -0.05) is 141 Å². The van der Waals surface area contributed by atoms with Crippen LogP contribution in [0.4, 0.5) is 34.1 Å². The highest BCUT2D eigenvalue weighted by Crippen LogP contribution is 2.52. The van der Waals surface area contributed by atoms with Gasteiger partial charge in [0.2, 0.25) is 0 Å². The summed E-state index contributed by atoms with van der Waals surface area (Å²) in [6, 6.07) is 90.4. The van der Waals surface area contributed by atoms with E-state index in [4.69, 9.17) is 0 Å². The minimum Gasteiger partial charge on any atom is -0.310 e. The summed E-state index contributed by atoms with van der Waals surface area (Å²) in [4.78, 5) is 4.57. The first-order valence-corrected chi connectivity index (χ1v) is 25.4. The van der Waals surface area contributed by atoms with Crippen LogP contribution in [0.25, 0.3) is 76.9 Å². The lowest BCUT2D eigenvalue weighted by Crippen LogP contribution is -2.15. The van der Waals surface area contributed by atoms with E-state index in [1.165, 1.54) is 22.3 Å². The molecule has 2 aromatic heterocycles. The Labute approximate surface area is 434 Å². The number of anilines is 6. The normalized spacial score (nSPS) is 12.5. The second-order valence-electron chi connectivity index (χ2n) is 20.0. The van der Waals surface area contributed by atoms with E-state index in [1.807, 2.05) is 36.4 Å². The molecule has 14 rings (SSSR count). The first kappa shape index (κ1) is 43.6. The van der Waals surface area contributed by atoms with Crippen molar-refractivity contribution >= 4 is 88.5 Å². The lowest BCUT2D eigenvalue weighted by atomic mass is 9.82. The number of hydrogen-bond donors (Lipinski definition) is 0. The summed E-state index contributed by atoms with van der Waals surface area (Å²) in [5.74, 6) is 0. The fourth-order valence-electron chi connectivity index (χ4n) is 12.1. The van der Waals surface area contributed by atoms with Gasteiger partial charge in [0.1, 0.15) is 12.1 Å². The predicted octanol–water partition coefficient (Wildman–Crippen LogP) is 18.0. The molecule has 6 nitrogen and oxygen atoms in total. The molecule has 0 N–H and O–H groups in total. The van der Waals surface area contributed by atoms with Gasteiger partial charge in [-0.2, -0.15) is 10.5 Å². The Morgan fingerprint density at radius 2 is 0.800 bits per heavy atom. The van der Waals surface area contributed by atoms with E-state index in [0.29, 0.717) is 22.5 Å². The van der Waals surface area contributed by atoms with Crippen LogP contribution in [-0.4, -0.2) is 9.13 Å². The number of fused-ring (bicyclic) bond motifs is 11. The van der Waals surface area contributed by atoms with Crippen molar-refractivity contribution in [1.82, 2.24) is 9.13 Å². The Hall–Kier alpha value is -10.1. The van der Waals surface area contributed by atoms with Gasteiger partial charge in [0.05, 0.1) is 44.6 Å². The summed E-state index contributed by atoms with van der Waals surface area (Å²) < 4.78 is 4.41. The zero-order chi connectivity index (χ0) is 50.4. The van der Waals surface area contributed by atoms with Crippen LogP contribution in [0.1, 0.15) is 36.1 Å². The van der Waals surface area contributed by atoms with Gasteiger partial charge < -0.3 is 18.9 Å². The average molecular weight is 959 g/mol. The average Bonchev–Trinajstić information content (AvgIpc) is 4.08. The quantitative estimate of drug-likeness (QED) is 0.152. The number of nitriles is 2. The Bertz CT molecular complexity index is 4440. The number of para-hydroxylation sites is 4. The molecule has 0 amide bonds. The molecule has 0 saturated heterocycles. The molecule has 0 unspecified atom stereocenters. The molecule has 0 aliphatic heterocycles. The van der Waals surface area contributed by atoms with Crippen molar-refractivity contribution in [3.05, 3.63) is 265 Å². The Kier molecular flexibility index (Phi) is 9.89. The molecule has 0 bridgehead atoms. The Balaban J connectivity index is 1.02. The van der Waals surface area contributed by atoms with E-state index >= 15 is 0 Å². The van der Waals surface area contributed by atoms with Crippen molar-refractivity contribution in [2.75, 3.05) is 9.80 Å². The van der Waals surface area contributed by atoms with Crippen molar-refractivity contribution in [2.45, 2.75) is 19.3 Å². The molecule has 352 valence electrons.